The van der Waals surface area contributed by atoms with Gasteiger partial charge in [0, 0.05) is 30.5 Å². The van der Waals surface area contributed by atoms with Gasteiger partial charge in [-0.1, -0.05) is 13.8 Å². The van der Waals surface area contributed by atoms with Crippen LogP contribution in [0, 0.1) is 0 Å². The van der Waals surface area contributed by atoms with Crippen molar-refractivity contribution < 1.29 is 4.79 Å². The van der Waals surface area contributed by atoms with Crippen molar-refractivity contribution in [1.82, 2.24) is 24.9 Å². The van der Waals surface area contributed by atoms with Crippen LogP contribution < -0.4 is 5.32 Å². The van der Waals surface area contributed by atoms with Crippen molar-refractivity contribution in [1.29, 1.82) is 0 Å². The van der Waals surface area contributed by atoms with Crippen LogP contribution in [-0.4, -0.2) is 25.5 Å². The number of aryl methyl sites for hydroxylation is 3. The first-order chi connectivity index (χ1) is 12.4. The number of aromatic nitrogens is 4. The molecule has 2 heterocycles. The third kappa shape index (κ3) is 3.55. The van der Waals surface area contributed by atoms with E-state index in [1.165, 1.54) is 5.56 Å². The number of hydrogen-bond donors (Lipinski definition) is 1. The summed E-state index contributed by atoms with van der Waals surface area (Å²) >= 11 is 0. The first-order valence-electron chi connectivity index (χ1n) is 9.85. The van der Waals surface area contributed by atoms with E-state index in [0.717, 1.165) is 54.7 Å². The van der Waals surface area contributed by atoms with Gasteiger partial charge < -0.3 is 5.32 Å². The van der Waals surface area contributed by atoms with Gasteiger partial charge in [-0.15, -0.1) is 0 Å². The molecule has 0 radical (unpaired) electrons. The van der Waals surface area contributed by atoms with E-state index in [1.807, 2.05) is 16.4 Å². The van der Waals surface area contributed by atoms with Gasteiger partial charge in [0.15, 0.2) is 0 Å². The molecule has 6 nitrogen and oxygen atoms in total. The lowest BCUT2D eigenvalue weighted by Crippen LogP contribution is -2.32. The highest BCUT2D eigenvalue weighted by atomic mass is 16.1. The van der Waals surface area contributed by atoms with Crippen LogP contribution in [0.25, 0.3) is 0 Å². The molecule has 0 fully saturated rings. The minimum Gasteiger partial charge on any atom is -0.347 e. The number of carbonyl (C=O) groups excluding carboxylic acids is 1. The van der Waals surface area contributed by atoms with E-state index in [2.05, 4.69) is 44.3 Å². The Kier molecular flexibility index (Phi) is 5.49. The molecule has 0 aromatic carbocycles. The first-order valence-corrected chi connectivity index (χ1v) is 9.85. The molecule has 1 N–H and O–H groups in total. The fourth-order valence-electron chi connectivity index (χ4n) is 3.97. The van der Waals surface area contributed by atoms with Crippen LogP contribution in [0.1, 0.15) is 80.8 Å². The highest BCUT2D eigenvalue weighted by Crippen LogP contribution is 2.29. The minimum absolute atomic E-state index is 0.0260. The van der Waals surface area contributed by atoms with Crippen molar-refractivity contribution >= 4 is 5.91 Å². The standard InChI is InChI=1S/C20H31N5O/c1-6-16-15(18(7-2)24(5)22-16)11-19(26)21-17-10-8-9-14-12-25(13(3)4)23-20(14)17/h12-13,17H,6-11H2,1-5H3,(H,21,26). The van der Waals surface area contributed by atoms with Gasteiger partial charge in [0.25, 0.3) is 0 Å². The lowest BCUT2D eigenvalue weighted by molar-refractivity contribution is -0.121. The number of nitrogens with one attached hydrogen (secondary N) is 1. The molecule has 3 rings (SSSR count). The molecule has 0 saturated carbocycles. The predicted molar refractivity (Wildman–Crippen MR) is 102 cm³/mol. The second-order valence-electron chi connectivity index (χ2n) is 7.51. The number of nitrogens with zero attached hydrogens (tertiary/aromatic N) is 4. The average molecular weight is 358 g/mol. The van der Waals surface area contributed by atoms with Gasteiger partial charge in [0.2, 0.25) is 5.91 Å². The summed E-state index contributed by atoms with van der Waals surface area (Å²) in [5.74, 6) is 0.0688. The molecule has 142 valence electrons. The summed E-state index contributed by atoms with van der Waals surface area (Å²) in [5.41, 5.74) is 5.62. The van der Waals surface area contributed by atoms with Crippen molar-refractivity contribution in [3.63, 3.8) is 0 Å². The van der Waals surface area contributed by atoms with Crippen LogP contribution in [-0.2, 0) is 37.5 Å². The normalized spacial score (nSPS) is 16.8. The summed E-state index contributed by atoms with van der Waals surface area (Å²) in [6.45, 7) is 8.47. The molecule has 0 aliphatic heterocycles. The zero-order chi connectivity index (χ0) is 18.8. The Morgan fingerprint density at radius 3 is 2.73 bits per heavy atom. The number of carbonyl (C=O) groups is 1. The van der Waals surface area contributed by atoms with E-state index in [1.54, 1.807) is 0 Å². The van der Waals surface area contributed by atoms with Crippen molar-refractivity contribution in [2.45, 2.75) is 78.3 Å². The lowest BCUT2D eigenvalue weighted by Gasteiger charge is -2.22. The summed E-state index contributed by atoms with van der Waals surface area (Å²) < 4.78 is 3.94. The highest BCUT2D eigenvalue weighted by molar-refractivity contribution is 5.79. The van der Waals surface area contributed by atoms with E-state index in [4.69, 9.17) is 5.10 Å². The third-order valence-electron chi connectivity index (χ3n) is 5.34. The fraction of sp³-hybridized carbons (Fsp3) is 0.650. The maximum Gasteiger partial charge on any atom is 0.225 e. The van der Waals surface area contributed by atoms with E-state index in [9.17, 15) is 4.79 Å². The monoisotopic (exact) mass is 357 g/mol. The molecule has 1 amide bonds. The summed E-state index contributed by atoms with van der Waals surface area (Å²) in [6.07, 6.45) is 7.39. The fourth-order valence-corrected chi connectivity index (χ4v) is 3.97. The molecular formula is C20H31N5O. The Morgan fingerprint density at radius 1 is 1.31 bits per heavy atom. The van der Waals surface area contributed by atoms with Gasteiger partial charge in [0.1, 0.15) is 0 Å². The topological polar surface area (TPSA) is 64.7 Å². The highest BCUT2D eigenvalue weighted by Gasteiger charge is 2.26. The van der Waals surface area contributed by atoms with Gasteiger partial charge in [-0.3, -0.25) is 14.2 Å². The van der Waals surface area contributed by atoms with E-state index < -0.39 is 0 Å². The first kappa shape index (κ1) is 18.7. The Balaban J connectivity index is 1.76. The van der Waals surface area contributed by atoms with Gasteiger partial charge in [0.05, 0.1) is 23.9 Å². The molecule has 0 bridgehead atoms. The van der Waals surface area contributed by atoms with E-state index >= 15 is 0 Å². The summed E-state index contributed by atoms with van der Waals surface area (Å²) in [6, 6.07) is 0.365. The Bertz CT molecular complexity index is 786. The van der Waals surface area contributed by atoms with Gasteiger partial charge in [-0.25, -0.2) is 0 Å². The van der Waals surface area contributed by atoms with Crippen molar-refractivity contribution in [3.05, 3.63) is 34.4 Å². The van der Waals surface area contributed by atoms with Crippen LogP contribution in [0.5, 0.6) is 0 Å². The van der Waals surface area contributed by atoms with Crippen LogP contribution in [0.3, 0.4) is 0 Å². The molecule has 1 aliphatic rings. The zero-order valence-corrected chi connectivity index (χ0v) is 16.7. The third-order valence-corrected chi connectivity index (χ3v) is 5.34. The molecule has 2 aromatic heterocycles. The largest absolute Gasteiger partial charge is 0.347 e. The quantitative estimate of drug-likeness (QED) is 0.864. The summed E-state index contributed by atoms with van der Waals surface area (Å²) in [5, 5.41) is 12.6. The second kappa shape index (κ2) is 7.64. The molecule has 1 unspecified atom stereocenters. The van der Waals surface area contributed by atoms with Crippen molar-refractivity contribution in [2.75, 3.05) is 0 Å². The lowest BCUT2D eigenvalue weighted by atomic mass is 9.93. The Labute approximate surface area is 156 Å². The average Bonchev–Trinajstić information content (AvgIpc) is 3.16. The molecular weight excluding hydrogens is 326 g/mol. The molecule has 0 saturated heterocycles. The van der Waals surface area contributed by atoms with E-state index in [0.29, 0.717) is 12.5 Å². The maximum absolute atomic E-state index is 12.8. The van der Waals surface area contributed by atoms with Crippen LogP contribution in [0.4, 0.5) is 0 Å². The van der Waals surface area contributed by atoms with Crippen molar-refractivity contribution in [2.24, 2.45) is 7.05 Å². The van der Waals surface area contributed by atoms with E-state index in [-0.39, 0.29) is 11.9 Å². The number of amides is 1. The van der Waals surface area contributed by atoms with Gasteiger partial charge in [-0.2, -0.15) is 10.2 Å². The smallest absolute Gasteiger partial charge is 0.225 e. The minimum atomic E-state index is 0.0260. The molecule has 1 aliphatic carbocycles. The number of fused-ring (bicyclic) bond motifs is 1. The summed E-state index contributed by atoms with van der Waals surface area (Å²) in [7, 11) is 1.96. The Morgan fingerprint density at radius 2 is 2.08 bits per heavy atom. The van der Waals surface area contributed by atoms with Gasteiger partial charge in [-0.05, 0) is 51.5 Å². The maximum atomic E-state index is 12.8. The van der Waals surface area contributed by atoms with Crippen LogP contribution >= 0.6 is 0 Å². The molecule has 0 spiro atoms. The van der Waals surface area contributed by atoms with Gasteiger partial charge >= 0.3 is 0 Å². The SMILES string of the molecule is CCc1nn(C)c(CC)c1CC(=O)NC1CCCc2cn(C(C)C)nc21. The number of rotatable bonds is 6. The van der Waals surface area contributed by atoms with Crippen LogP contribution in [0.2, 0.25) is 0 Å². The molecule has 2 aromatic rings. The Hall–Kier alpha value is -2.11. The number of hydrogen-bond acceptors (Lipinski definition) is 3. The van der Waals surface area contributed by atoms with Crippen LogP contribution in [0.15, 0.2) is 6.20 Å². The predicted octanol–water partition coefficient (Wildman–Crippen LogP) is 3.06. The molecule has 26 heavy (non-hydrogen) atoms. The molecule has 6 heteroatoms. The summed E-state index contributed by atoms with van der Waals surface area (Å²) in [4.78, 5) is 12.8. The zero-order valence-electron chi connectivity index (χ0n) is 16.7. The second-order valence-corrected chi connectivity index (χ2v) is 7.51. The van der Waals surface area contributed by atoms with Crippen molar-refractivity contribution in [3.8, 4) is 0 Å². The molecule has 1 atom stereocenters.